The highest BCUT2D eigenvalue weighted by Gasteiger charge is 2.26. The van der Waals surface area contributed by atoms with E-state index in [0.29, 0.717) is 40.3 Å². The van der Waals surface area contributed by atoms with Gasteiger partial charge in [0.25, 0.3) is 5.56 Å². The summed E-state index contributed by atoms with van der Waals surface area (Å²) in [7, 11) is 1.57. The number of methoxy groups -OCH3 is 1. The molecule has 0 aliphatic carbocycles. The number of fused-ring (bicyclic) bond motifs is 1. The molecule has 0 radical (unpaired) electrons. The Labute approximate surface area is 182 Å². The summed E-state index contributed by atoms with van der Waals surface area (Å²) >= 11 is 0. The molecular formula is C23H21FN4O4. The largest absolute Gasteiger partial charge is 0.497 e. The molecule has 1 N–H and O–H groups in total. The van der Waals surface area contributed by atoms with Gasteiger partial charge in [-0.25, -0.2) is 9.07 Å². The molecule has 2 aromatic carbocycles. The van der Waals surface area contributed by atoms with Crippen LogP contribution in [0.4, 0.5) is 10.1 Å². The number of aromatic nitrogens is 3. The first-order valence-corrected chi connectivity index (χ1v) is 10.0. The molecule has 0 spiro atoms. The van der Waals surface area contributed by atoms with Crippen molar-refractivity contribution in [3.05, 3.63) is 70.5 Å². The standard InChI is InChI=1S/C23H21FN4O4/c1-4-18(22(29)25-16-9-7-15(24)8-10-16)28-23(30)21-19(13(2)32-27-21)20(26-28)14-5-11-17(31-3)12-6-14/h5-12,18H,4H2,1-3H3,(H,25,29). The topological polar surface area (TPSA) is 99.2 Å². The van der Waals surface area contributed by atoms with Crippen LogP contribution in [0.1, 0.15) is 25.1 Å². The molecule has 2 heterocycles. The Morgan fingerprint density at radius 3 is 2.50 bits per heavy atom. The second kappa shape index (κ2) is 8.62. The second-order valence-corrected chi connectivity index (χ2v) is 7.21. The summed E-state index contributed by atoms with van der Waals surface area (Å²) in [5, 5.41) is 11.7. The number of halogens is 1. The van der Waals surface area contributed by atoms with Crippen LogP contribution in [0.2, 0.25) is 0 Å². The number of aryl methyl sites for hydroxylation is 1. The van der Waals surface area contributed by atoms with E-state index in [4.69, 9.17) is 9.26 Å². The minimum absolute atomic E-state index is 0.0938. The van der Waals surface area contributed by atoms with Crippen molar-refractivity contribution in [3.63, 3.8) is 0 Å². The smallest absolute Gasteiger partial charge is 0.297 e. The van der Waals surface area contributed by atoms with Gasteiger partial charge in [-0.1, -0.05) is 12.1 Å². The molecule has 4 aromatic rings. The third kappa shape index (κ3) is 3.84. The van der Waals surface area contributed by atoms with E-state index in [1.807, 2.05) is 0 Å². The molecule has 8 nitrogen and oxygen atoms in total. The molecule has 0 bridgehead atoms. The second-order valence-electron chi connectivity index (χ2n) is 7.21. The molecule has 32 heavy (non-hydrogen) atoms. The maximum atomic E-state index is 13.2. The van der Waals surface area contributed by atoms with Gasteiger partial charge in [-0.3, -0.25) is 9.59 Å². The van der Waals surface area contributed by atoms with Gasteiger partial charge in [-0.05, 0) is 61.9 Å². The van der Waals surface area contributed by atoms with Crippen molar-refractivity contribution in [2.24, 2.45) is 0 Å². The van der Waals surface area contributed by atoms with Crippen molar-refractivity contribution in [2.75, 3.05) is 12.4 Å². The zero-order valence-electron chi connectivity index (χ0n) is 17.8. The highest BCUT2D eigenvalue weighted by molar-refractivity contribution is 5.95. The van der Waals surface area contributed by atoms with Crippen LogP contribution in [-0.2, 0) is 4.79 Å². The lowest BCUT2D eigenvalue weighted by molar-refractivity contribution is -0.119. The predicted octanol–water partition coefficient (Wildman–Crippen LogP) is 4.10. The predicted molar refractivity (Wildman–Crippen MR) is 117 cm³/mol. The molecule has 9 heteroatoms. The highest BCUT2D eigenvalue weighted by Crippen LogP contribution is 2.29. The minimum Gasteiger partial charge on any atom is -0.497 e. The van der Waals surface area contributed by atoms with Gasteiger partial charge in [0.1, 0.15) is 29.1 Å². The summed E-state index contributed by atoms with van der Waals surface area (Å²) in [6.07, 6.45) is 0.296. The number of amides is 1. The number of carbonyl (C=O) groups is 1. The Morgan fingerprint density at radius 2 is 1.88 bits per heavy atom. The summed E-state index contributed by atoms with van der Waals surface area (Å²) in [6.45, 7) is 3.47. The fourth-order valence-electron chi connectivity index (χ4n) is 3.50. The molecule has 0 saturated carbocycles. The number of nitrogens with one attached hydrogen (secondary N) is 1. The van der Waals surface area contributed by atoms with Crippen molar-refractivity contribution in [2.45, 2.75) is 26.3 Å². The molecule has 1 amide bonds. The van der Waals surface area contributed by atoms with Gasteiger partial charge in [-0.2, -0.15) is 5.10 Å². The lowest BCUT2D eigenvalue weighted by Crippen LogP contribution is -2.35. The molecule has 1 atom stereocenters. The highest BCUT2D eigenvalue weighted by atomic mass is 19.1. The van der Waals surface area contributed by atoms with E-state index in [2.05, 4.69) is 15.6 Å². The molecule has 0 fully saturated rings. The SMILES string of the molecule is CCC(C(=O)Nc1ccc(F)cc1)n1nc(-c2ccc(OC)cc2)c2c(C)onc2c1=O. The monoisotopic (exact) mass is 436 g/mol. The van der Waals surface area contributed by atoms with Crippen LogP contribution in [0.5, 0.6) is 5.75 Å². The summed E-state index contributed by atoms with van der Waals surface area (Å²) in [6, 6.07) is 11.6. The zero-order chi connectivity index (χ0) is 22.8. The van der Waals surface area contributed by atoms with Gasteiger partial charge in [0.2, 0.25) is 5.91 Å². The Morgan fingerprint density at radius 1 is 1.19 bits per heavy atom. The number of ether oxygens (including phenoxy) is 1. The summed E-state index contributed by atoms with van der Waals surface area (Å²) in [4.78, 5) is 26.1. The first-order chi connectivity index (χ1) is 15.4. The Balaban J connectivity index is 1.81. The van der Waals surface area contributed by atoms with Gasteiger partial charge in [0.15, 0.2) is 5.52 Å². The van der Waals surface area contributed by atoms with Crippen molar-refractivity contribution in [3.8, 4) is 17.0 Å². The van der Waals surface area contributed by atoms with Crippen LogP contribution in [-0.4, -0.2) is 28.0 Å². The van der Waals surface area contributed by atoms with E-state index in [9.17, 15) is 14.0 Å². The van der Waals surface area contributed by atoms with E-state index >= 15 is 0 Å². The van der Waals surface area contributed by atoms with Gasteiger partial charge in [0, 0.05) is 11.3 Å². The number of benzene rings is 2. The average Bonchev–Trinajstić information content (AvgIpc) is 3.19. The van der Waals surface area contributed by atoms with E-state index < -0.39 is 23.3 Å². The van der Waals surface area contributed by atoms with Gasteiger partial charge in [0.05, 0.1) is 12.5 Å². The van der Waals surface area contributed by atoms with E-state index in [0.717, 1.165) is 4.68 Å². The maximum absolute atomic E-state index is 13.2. The van der Waals surface area contributed by atoms with Crippen LogP contribution >= 0.6 is 0 Å². The Bertz CT molecular complexity index is 1330. The first-order valence-electron chi connectivity index (χ1n) is 10.0. The third-order valence-electron chi connectivity index (χ3n) is 5.18. The van der Waals surface area contributed by atoms with Crippen LogP contribution in [0.25, 0.3) is 22.2 Å². The van der Waals surface area contributed by atoms with Crippen molar-refractivity contribution in [1.82, 2.24) is 14.9 Å². The van der Waals surface area contributed by atoms with Crippen molar-refractivity contribution >= 4 is 22.5 Å². The molecule has 4 rings (SSSR count). The van der Waals surface area contributed by atoms with Gasteiger partial charge in [-0.15, -0.1) is 0 Å². The molecule has 1 unspecified atom stereocenters. The number of nitrogens with zero attached hydrogens (tertiary/aromatic N) is 3. The number of anilines is 1. The molecule has 0 aliphatic rings. The quantitative estimate of drug-likeness (QED) is 0.489. The number of hydrogen-bond acceptors (Lipinski definition) is 6. The van der Waals surface area contributed by atoms with Gasteiger partial charge < -0.3 is 14.6 Å². The minimum atomic E-state index is -0.911. The lowest BCUT2D eigenvalue weighted by atomic mass is 10.1. The molecule has 164 valence electrons. The average molecular weight is 436 g/mol. The summed E-state index contributed by atoms with van der Waals surface area (Å²) in [5.74, 6) is 0.259. The molecule has 0 aliphatic heterocycles. The Hall–Kier alpha value is -4.01. The summed E-state index contributed by atoms with van der Waals surface area (Å²) < 4.78 is 24.8. The number of carbonyl (C=O) groups excluding carboxylic acids is 1. The maximum Gasteiger partial charge on any atom is 0.297 e. The van der Waals surface area contributed by atoms with Crippen LogP contribution in [0.3, 0.4) is 0 Å². The number of rotatable bonds is 6. The van der Waals surface area contributed by atoms with Crippen LogP contribution in [0.15, 0.2) is 57.8 Å². The molecule has 0 saturated heterocycles. The van der Waals surface area contributed by atoms with Crippen LogP contribution in [0, 0.1) is 12.7 Å². The fraction of sp³-hybridized carbons (Fsp3) is 0.217. The van der Waals surface area contributed by atoms with Crippen LogP contribution < -0.4 is 15.6 Å². The first kappa shape index (κ1) is 21.2. The van der Waals surface area contributed by atoms with Gasteiger partial charge >= 0.3 is 0 Å². The normalized spacial score (nSPS) is 12.0. The van der Waals surface area contributed by atoms with E-state index in [1.165, 1.54) is 24.3 Å². The number of hydrogen-bond donors (Lipinski definition) is 1. The fourth-order valence-corrected chi connectivity index (χ4v) is 3.50. The van der Waals surface area contributed by atoms with E-state index in [1.54, 1.807) is 45.2 Å². The van der Waals surface area contributed by atoms with Crippen molar-refractivity contribution < 1.29 is 18.4 Å². The zero-order valence-corrected chi connectivity index (χ0v) is 17.8. The summed E-state index contributed by atoms with van der Waals surface area (Å²) in [5.41, 5.74) is 1.15. The van der Waals surface area contributed by atoms with E-state index in [-0.39, 0.29) is 5.52 Å². The molecule has 2 aromatic heterocycles. The lowest BCUT2D eigenvalue weighted by Gasteiger charge is -2.18. The Kier molecular flexibility index (Phi) is 5.72. The molecular weight excluding hydrogens is 415 g/mol. The third-order valence-corrected chi connectivity index (χ3v) is 5.18. The van der Waals surface area contributed by atoms with Crippen molar-refractivity contribution in [1.29, 1.82) is 0 Å².